The van der Waals surface area contributed by atoms with Gasteiger partial charge < -0.3 is 9.47 Å². The number of benzene rings is 2. The molecule has 4 heteroatoms. The van der Waals surface area contributed by atoms with Gasteiger partial charge in [-0.2, -0.15) is 0 Å². The second kappa shape index (κ2) is 8.29. The molecule has 130 valence electrons. The summed E-state index contributed by atoms with van der Waals surface area (Å²) in [6, 6.07) is 12.7. The van der Waals surface area contributed by atoms with Gasteiger partial charge in [0.2, 0.25) is 5.78 Å². The lowest BCUT2D eigenvalue weighted by atomic mass is 10.0. The molecule has 0 aliphatic carbocycles. The number of methoxy groups -OCH3 is 1. The molecule has 0 radical (unpaired) electrons. The van der Waals surface area contributed by atoms with E-state index in [1.165, 1.54) is 6.08 Å². The molecule has 0 aliphatic rings. The quantitative estimate of drug-likeness (QED) is 0.451. The molecule has 2 aromatic carbocycles. The molecule has 4 nitrogen and oxygen atoms in total. The number of carbonyl (C=O) groups is 2. The SMILES string of the molecule is COc1cccc(/C=C/C(=O)OC(C)C(=O)c2ccc(C)c(C)c2)c1. The minimum atomic E-state index is -0.843. The van der Waals surface area contributed by atoms with E-state index in [0.717, 1.165) is 16.7 Å². The minimum absolute atomic E-state index is 0.216. The lowest BCUT2D eigenvalue weighted by Gasteiger charge is -2.12. The van der Waals surface area contributed by atoms with Crippen molar-refractivity contribution in [2.75, 3.05) is 7.11 Å². The molecular weight excluding hydrogens is 316 g/mol. The van der Waals surface area contributed by atoms with Crippen LogP contribution < -0.4 is 4.74 Å². The minimum Gasteiger partial charge on any atom is -0.497 e. The van der Waals surface area contributed by atoms with E-state index in [-0.39, 0.29) is 5.78 Å². The largest absolute Gasteiger partial charge is 0.497 e. The predicted octanol–water partition coefficient (Wildman–Crippen LogP) is 4.14. The van der Waals surface area contributed by atoms with Crippen LogP contribution in [0.1, 0.15) is 34.0 Å². The second-order valence-electron chi connectivity index (χ2n) is 5.85. The van der Waals surface area contributed by atoms with E-state index in [1.54, 1.807) is 32.2 Å². The molecule has 1 atom stereocenters. The molecule has 0 heterocycles. The molecule has 0 saturated carbocycles. The number of hydrogen-bond donors (Lipinski definition) is 0. The van der Waals surface area contributed by atoms with Crippen molar-refractivity contribution in [1.82, 2.24) is 0 Å². The van der Waals surface area contributed by atoms with Gasteiger partial charge in [0.05, 0.1) is 7.11 Å². The van der Waals surface area contributed by atoms with Crippen molar-refractivity contribution >= 4 is 17.8 Å². The van der Waals surface area contributed by atoms with E-state index in [4.69, 9.17) is 9.47 Å². The van der Waals surface area contributed by atoms with E-state index in [9.17, 15) is 9.59 Å². The molecule has 0 spiro atoms. The summed E-state index contributed by atoms with van der Waals surface area (Å²) in [4.78, 5) is 24.3. The van der Waals surface area contributed by atoms with Crippen LogP contribution in [0, 0.1) is 13.8 Å². The highest BCUT2D eigenvalue weighted by molar-refractivity contribution is 6.01. The summed E-state index contributed by atoms with van der Waals surface area (Å²) in [6.07, 6.45) is 2.08. The molecule has 0 aliphatic heterocycles. The Balaban J connectivity index is 2.00. The Morgan fingerprint density at radius 2 is 1.80 bits per heavy atom. The Morgan fingerprint density at radius 1 is 1.04 bits per heavy atom. The van der Waals surface area contributed by atoms with Crippen LogP contribution in [0.5, 0.6) is 5.75 Å². The Hall–Kier alpha value is -2.88. The van der Waals surface area contributed by atoms with Crippen molar-refractivity contribution < 1.29 is 19.1 Å². The molecule has 25 heavy (non-hydrogen) atoms. The predicted molar refractivity (Wildman–Crippen MR) is 97.8 cm³/mol. The smallest absolute Gasteiger partial charge is 0.331 e. The average Bonchev–Trinajstić information content (AvgIpc) is 2.61. The number of ketones is 1. The van der Waals surface area contributed by atoms with Gasteiger partial charge in [0.1, 0.15) is 5.75 Å². The highest BCUT2D eigenvalue weighted by Gasteiger charge is 2.18. The van der Waals surface area contributed by atoms with E-state index < -0.39 is 12.1 Å². The molecule has 2 aromatic rings. The van der Waals surface area contributed by atoms with Gasteiger partial charge in [0, 0.05) is 11.6 Å². The maximum absolute atomic E-state index is 12.4. The van der Waals surface area contributed by atoms with Gasteiger partial charge in [-0.3, -0.25) is 4.79 Å². The van der Waals surface area contributed by atoms with E-state index >= 15 is 0 Å². The van der Waals surface area contributed by atoms with E-state index in [2.05, 4.69) is 0 Å². The first-order chi connectivity index (χ1) is 11.9. The van der Waals surface area contributed by atoms with Crippen molar-refractivity contribution in [3.05, 3.63) is 70.8 Å². The first kappa shape index (κ1) is 18.5. The monoisotopic (exact) mass is 338 g/mol. The zero-order valence-electron chi connectivity index (χ0n) is 14.9. The van der Waals surface area contributed by atoms with Crippen LogP contribution in [0.15, 0.2) is 48.5 Å². The summed E-state index contributed by atoms with van der Waals surface area (Å²) in [5.41, 5.74) is 3.49. The highest BCUT2D eigenvalue weighted by atomic mass is 16.5. The fourth-order valence-electron chi connectivity index (χ4n) is 2.31. The lowest BCUT2D eigenvalue weighted by molar-refractivity contribution is -0.140. The number of Topliss-reactive ketones (excluding diaryl/α,β-unsaturated/α-hetero) is 1. The van der Waals surface area contributed by atoms with Crippen molar-refractivity contribution in [3.63, 3.8) is 0 Å². The lowest BCUT2D eigenvalue weighted by Crippen LogP contribution is -2.23. The number of rotatable bonds is 6. The third kappa shape index (κ3) is 5.05. The number of hydrogen-bond acceptors (Lipinski definition) is 4. The summed E-state index contributed by atoms with van der Waals surface area (Å²) in [5, 5.41) is 0. The zero-order valence-corrected chi connectivity index (χ0v) is 14.9. The molecular formula is C21H22O4. The summed E-state index contributed by atoms with van der Waals surface area (Å²) >= 11 is 0. The second-order valence-corrected chi connectivity index (χ2v) is 5.85. The third-order valence-electron chi connectivity index (χ3n) is 3.96. The summed E-state index contributed by atoms with van der Waals surface area (Å²) in [6.45, 7) is 5.50. The normalized spacial score (nSPS) is 12.0. The summed E-state index contributed by atoms with van der Waals surface area (Å²) in [7, 11) is 1.58. The Morgan fingerprint density at radius 3 is 2.48 bits per heavy atom. The van der Waals surface area contributed by atoms with Crippen LogP contribution in [-0.4, -0.2) is 25.0 Å². The number of aryl methyl sites for hydroxylation is 2. The Bertz CT molecular complexity index is 805. The first-order valence-corrected chi connectivity index (χ1v) is 8.05. The van der Waals surface area contributed by atoms with Gasteiger partial charge in [-0.25, -0.2) is 4.79 Å². The maximum atomic E-state index is 12.4. The van der Waals surface area contributed by atoms with Crippen LogP contribution in [-0.2, 0) is 9.53 Å². The van der Waals surface area contributed by atoms with Gasteiger partial charge in [0.15, 0.2) is 6.10 Å². The molecule has 0 N–H and O–H groups in total. The van der Waals surface area contributed by atoms with E-state index in [0.29, 0.717) is 11.3 Å². The summed E-state index contributed by atoms with van der Waals surface area (Å²) < 4.78 is 10.3. The maximum Gasteiger partial charge on any atom is 0.331 e. The topological polar surface area (TPSA) is 52.6 Å². The Kier molecular flexibility index (Phi) is 6.12. The van der Waals surface area contributed by atoms with Crippen LogP contribution in [0.2, 0.25) is 0 Å². The molecule has 0 amide bonds. The first-order valence-electron chi connectivity index (χ1n) is 8.05. The van der Waals surface area contributed by atoms with Gasteiger partial charge in [0.25, 0.3) is 0 Å². The van der Waals surface area contributed by atoms with Gasteiger partial charge in [-0.15, -0.1) is 0 Å². The van der Waals surface area contributed by atoms with Gasteiger partial charge in [-0.05, 0) is 61.7 Å². The van der Waals surface area contributed by atoms with Crippen LogP contribution in [0.25, 0.3) is 6.08 Å². The average molecular weight is 338 g/mol. The third-order valence-corrected chi connectivity index (χ3v) is 3.96. The zero-order chi connectivity index (χ0) is 18.4. The molecule has 0 fully saturated rings. The molecule has 0 bridgehead atoms. The molecule has 0 saturated heterocycles. The summed E-state index contributed by atoms with van der Waals surface area (Å²) in [5.74, 6) is -0.0764. The van der Waals surface area contributed by atoms with Crippen LogP contribution in [0.3, 0.4) is 0 Å². The standard InChI is InChI=1S/C21H22O4/c1-14-8-10-18(12-15(14)2)21(23)16(3)25-20(22)11-9-17-6-5-7-19(13-17)24-4/h5-13,16H,1-4H3/b11-9+. The van der Waals surface area contributed by atoms with Gasteiger partial charge >= 0.3 is 5.97 Å². The molecule has 1 unspecified atom stereocenters. The molecule has 0 aromatic heterocycles. The van der Waals surface area contributed by atoms with Crippen LogP contribution in [0.4, 0.5) is 0 Å². The van der Waals surface area contributed by atoms with Crippen molar-refractivity contribution in [1.29, 1.82) is 0 Å². The van der Waals surface area contributed by atoms with Crippen LogP contribution >= 0.6 is 0 Å². The Labute approximate surface area is 148 Å². The highest BCUT2D eigenvalue weighted by Crippen LogP contribution is 2.15. The number of carbonyl (C=O) groups excluding carboxylic acids is 2. The fraction of sp³-hybridized carbons (Fsp3) is 0.238. The van der Waals surface area contributed by atoms with E-state index in [1.807, 2.05) is 44.2 Å². The molecule has 2 rings (SSSR count). The number of ether oxygens (including phenoxy) is 2. The number of esters is 1. The van der Waals surface area contributed by atoms with Crippen molar-refractivity contribution in [2.45, 2.75) is 26.9 Å². The van der Waals surface area contributed by atoms with Crippen molar-refractivity contribution in [3.8, 4) is 5.75 Å². The van der Waals surface area contributed by atoms with Gasteiger partial charge in [-0.1, -0.05) is 24.3 Å². The van der Waals surface area contributed by atoms with Crippen molar-refractivity contribution in [2.24, 2.45) is 0 Å². The fourth-order valence-corrected chi connectivity index (χ4v) is 2.31.